The Labute approximate surface area is 96.0 Å². The molecule has 2 rings (SSSR count). The number of benzene rings is 1. The van der Waals surface area contributed by atoms with Crippen LogP contribution in [0, 0.1) is 11.7 Å². The fourth-order valence-corrected chi connectivity index (χ4v) is 2.38. The van der Waals surface area contributed by atoms with E-state index in [4.69, 9.17) is 5.73 Å². The van der Waals surface area contributed by atoms with Crippen molar-refractivity contribution in [3.8, 4) is 0 Å². The number of halogens is 1. The summed E-state index contributed by atoms with van der Waals surface area (Å²) in [5.74, 6) is 0.364. The molecule has 0 radical (unpaired) electrons. The van der Waals surface area contributed by atoms with Crippen molar-refractivity contribution in [1.29, 1.82) is 0 Å². The highest BCUT2D eigenvalue weighted by atomic mass is 19.1. The quantitative estimate of drug-likeness (QED) is 0.753. The zero-order valence-electron chi connectivity index (χ0n) is 9.67. The van der Waals surface area contributed by atoms with Gasteiger partial charge in [0, 0.05) is 11.7 Å². The Kier molecular flexibility index (Phi) is 3.32. The van der Waals surface area contributed by atoms with Crippen LogP contribution in [-0.2, 0) is 0 Å². The minimum atomic E-state index is -0.252. The van der Waals surface area contributed by atoms with E-state index in [9.17, 15) is 4.39 Å². The van der Waals surface area contributed by atoms with Crippen LogP contribution in [0.3, 0.4) is 0 Å². The van der Waals surface area contributed by atoms with Gasteiger partial charge in [-0.15, -0.1) is 0 Å². The molecule has 16 heavy (non-hydrogen) atoms. The normalized spacial score (nSPS) is 25.4. The van der Waals surface area contributed by atoms with Crippen molar-refractivity contribution in [3.63, 3.8) is 0 Å². The Morgan fingerprint density at radius 3 is 2.75 bits per heavy atom. The van der Waals surface area contributed by atoms with Gasteiger partial charge in [-0.2, -0.15) is 0 Å². The van der Waals surface area contributed by atoms with E-state index in [2.05, 4.69) is 12.2 Å². The van der Waals surface area contributed by atoms with E-state index < -0.39 is 0 Å². The topological polar surface area (TPSA) is 38.0 Å². The lowest BCUT2D eigenvalue weighted by molar-refractivity contribution is 0.348. The Morgan fingerprint density at radius 2 is 2.06 bits per heavy atom. The molecule has 2 atom stereocenters. The Bertz CT molecular complexity index is 365. The van der Waals surface area contributed by atoms with Crippen LogP contribution in [0.1, 0.15) is 32.6 Å². The van der Waals surface area contributed by atoms with Gasteiger partial charge in [0.1, 0.15) is 5.82 Å². The molecule has 3 heteroatoms. The first-order chi connectivity index (χ1) is 7.66. The first-order valence-corrected chi connectivity index (χ1v) is 5.98. The maximum atomic E-state index is 13.6. The standard InChI is InChI=1S/C13H19FN2/c1-9-4-2-3-5-12(9)16-13-7-6-10(15)8-11(13)14/h6-9,12,16H,2-5,15H2,1H3. The van der Waals surface area contributed by atoms with Crippen molar-refractivity contribution in [2.45, 2.75) is 38.6 Å². The summed E-state index contributed by atoms with van der Waals surface area (Å²) in [7, 11) is 0. The van der Waals surface area contributed by atoms with E-state index in [0.29, 0.717) is 23.3 Å². The first kappa shape index (κ1) is 11.2. The predicted molar refractivity (Wildman–Crippen MR) is 65.9 cm³/mol. The molecular weight excluding hydrogens is 203 g/mol. The largest absolute Gasteiger partial charge is 0.399 e. The van der Waals surface area contributed by atoms with Gasteiger partial charge in [0.2, 0.25) is 0 Å². The molecule has 1 aromatic carbocycles. The third-order valence-corrected chi connectivity index (χ3v) is 3.45. The van der Waals surface area contributed by atoms with E-state index in [0.717, 1.165) is 6.42 Å². The Morgan fingerprint density at radius 1 is 1.31 bits per heavy atom. The van der Waals surface area contributed by atoms with Gasteiger partial charge in [-0.1, -0.05) is 19.8 Å². The molecule has 2 unspecified atom stereocenters. The van der Waals surface area contributed by atoms with Crippen LogP contribution in [0.15, 0.2) is 18.2 Å². The average molecular weight is 222 g/mol. The van der Waals surface area contributed by atoms with E-state index in [1.807, 2.05) is 0 Å². The van der Waals surface area contributed by atoms with Crippen molar-refractivity contribution in [1.82, 2.24) is 0 Å². The number of hydrogen-bond donors (Lipinski definition) is 2. The van der Waals surface area contributed by atoms with Gasteiger partial charge in [0.25, 0.3) is 0 Å². The average Bonchev–Trinajstić information content (AvgIpc) is 2.25. The minimum Gasteiger partial charge on any atom is -0.399 e. The first-order valence-electron chi connectivity index (χ1n) is 5.98. The molecule has 1 saturated carbocycles. The summed E-state index contributed by atoms with van der Waals surface area (Å²) in [5, 5.41) is 3.30. The zero-order valence-corrected chi connectivity index (χ0v) is 9.67. The summed E-state index contributed by atoms with van der Waals surface area (Å²) >= 11 is 0. The molecule has 1 fully saturated rings. The van der Waals surface area contributed by atoms with Crippen LogP contribution >= 0.6 is 0 Å². The Hall–Kier alpha value is -1.25. The van der Waals surface area contributed by atoms with Gasteiger partial charge in [0.05, 0.1) is 5.69 Å². The summed E-state index contributed by atoms with van der Waals surface area (Å²) in [6, 6.07) is 5.23. The fraction of sp³-hybridized carbons (Fsp3) is 0.538. The minimum absolute atomic E-state index is 0.252. The second kappa shape index (κ2) is 4.73. The van der Waals surface area contributed by atoms with Gasteiger partial charge in [-0.3, -0.25) is 0 Å². The van der Waals surface area contributed by atoms with Crippen molar-refractivity contribution in [3.05, 3.63) is 24.0 Å². The summed E-state index contributed by atoms with van der Waals surface area (Å²) in [4.78, 5) is 0. The van der Waals surface area contributed by atoms with Crippen molar-refractivity contribution >= 4 is 11.4 Å². The molecule has 1 aromatic rings. The van der Waals surface area contributed by atoms with Gasteiger partial charge < -0.3 is 11.1 Å². The van der Waals surface area contributed by atoms with Crippen LogP contribution < -0.4 is 11.1 Å². The molecule has 0 heterocycles. The maximum Gasteiger partial charge on any atom is 0.148 e. The molecule has 0 aromatic heterocycles. The highest BCUT2D eigenvalue weighted by Gasteiger charge is 2.21. The smallest absolute Gasteiger partial charge is 0.148 e. The van der Waals surface area contributed by atoms with E-state index in [1.54, 1.807) is 12.1 Å². The number of hydrogen-bond acceptors (Lipinski definition) is 2. The molecule has 0 bridgehead atoms. The molecular formula is C13H19FN2. The number of nitrogens with two attached hydrogens (primary N) is 1. The van der Waals surface area contributed by atoms with Gasteiger partial charge in [0.15, 0.2) is 0 Å². The lowest BCUT2D eigenvalue weighted by Gasteiger charge is -2.30. The highest BCUT2D eigenvalue weighted by molar-refractivity contribution is 5.53. The van der Waals surface area contributed by atoms with Crippen LogP contribution in [0.5, 0.6) is 0 Å². The van der Waals surface area contributed by atoms with E-state index >= 15 is 0 Å². The maximum absolute atomic E-state index is 13.6. The van der Waals surface area contributed by atoms with Gasteiger partial charge >= 0.3 is 0 Å². The SMILES string of the molecule is CC1CCCCC1Nc1ccc(N)cc1F. The van der Waals surface area contributed by atoms with Gasteiger partial charge in [-0.25, -0.2) is 4.39 Å². The number of nitrogens with one attached hydrogen (secondary N) is 1. The van der Waals surface area contributed by atoms with Gasteiger partial charge in [-0.05, 0) is 37.0 Å². The fourth-order valence-electron chi connectivity index (χ4n) is 2.38. The van der Waals surface area contributed by atoms with Crippen LogP contribution in [0.2, 0.25) is 0 Å². The molecule has 1 aliphatic carbocycles. The molecule has 0 amide bonds. The summed E-state index contributed by atoms with van der Waals surface area (Å²) in [6.07, 6.45) is 4.89. The molecule has 0 spiro atoms. The second-order valence-electron chi connectivity index (χ2n) is 4.75. The lowest BCUT2D eigenvalue weighted by Crippen LogP contribution is -2.30. The second-order valence-corrected chi connectivity index (χ2v) is 4.75. The van der Waals surface area contributed by atoms with Crippen molar-refractivity contribution in [2.24, 2.45) is 5.92 Å². The number of anilines is 2. The third kappa shape index (κ3) is 2.46. The van der Waals surface area contributed by atoms with E-state index in [-0.39, 0.29) is 5.82 Å². The van der Waals surface area contributed by atoms with Crippen LogP contribution in [0.25, 0.3) is 0 Å². The third-order valence-electron chi connectivity index (χ3n) is 3.45. The summed E-state index contributed by atoms with van der Waals surface area (Å²) in [6.45, 7) is 2.23. The van der Waals surface area contributed by atoms with Crippen LogP contribution in [-0.4, -0.2) is 6.04 Å². The predicted octanol–water partition coefficient (Wildman–Crippen LogP) is 3.40. The molecule has 3 N–H and O–H groups in total. The summed E-state index contributed by atoms with van der Waals surface area (Å²) < 4.78 is 13.6. The molecule has 1 aliphatic rings. The monoisotopic (exact) mass is 222 g/mol. The van der Waals surface area contributed by atoms with E-state index in [1.165, 1.54) is 25.3 Å². The van der Waals surface area contributed by atoms with Crippen LogP contribution in [0.4, 0.5) is 15.8 Å². The lowest BCUT2D eigenvalue weighted by atomic mass is 9.86. The van der Waals surface area contributed by atoms with Crippen molar-refractivity contribution in [2.75, 3.05) is 11.1 Å². The molecule has 0 aliphatic heterocycles. The van der Waals surface area contributed by atoms with Crippen molar-refractivity contribution < 1.29 is 4.39 Å². The summed E-state index contributed by atoms with van der Waals surface area (Å²) in [5.41, 5.74) is 6.57. The molecule has 88 valence electrons. The Balaban J connectivity index is 2.07. The molecule has 2 nitrogen and oxygen atoms in total. The number of nitrogen functional groups attached to an aromatic ring is 1. The zero-order chi connectivity index (χ0) is 11.5. The highest BCUT2D eigenvalue weighted by Crippen LogP contribution is 2.28. The molecule has 0 saturated heterocycles. The number of rotatable bonds is 2.